The minimum absolute atomic E-state index is 0.166. The molecule has 2 aromatic heterocycles. The molecule has 2 rings (SSSR count). The van der Waals surface area contributed by atoms with Crippen molar-refractivity contribution >= 4 is 22.9 Å². The molecule has 0 radical (unpaired) electrons. The van der Waals surface area contributed by atoms with Crippen molar-refractivity contribution in [3.8, 4) is 11.8 Å². The van der Waals surface area contributed by atoms with E-state index in [1.807, 2.05) is 19.9 Å². The lowest BCUT2D eigenvalue weighted by molar-refractivity contribution is 0.103. The second kappa shape index (κ2) is 6.33. The van der Waals surface area contributed by atoms with Crippen molar-refractivity contribution in [2.24, 2.45) is 0 Å². The van der Waals surface area contributed by atoms with Gasteiger partial charge in [-0.25, -0.2) is 0 Å². The van der Waals surface area contributed by atoms with Crippen molar-refractivity contribution in [2.45, 2.75) is 13.8 Å². The summed E-state index contributed by atoms with van der Waals surface area (Å²) in [5.41, 5.74) is 2.50. The number of aliphatic hydroxyl groups is 1. The van der Waals surface area contributed by atoms with E-state index in [0.29, 0.717) is 4.88 Å². The summed E-state index contributed by atoms with van der Waals surface area (Å²) in [6.45, 7) is 3.58. The average Bonchev–Trinajstić information content (AvgIpc) is 2.78. The predicted molar refractivity (Wildman–Crippen MR) is 79.9 cm³/mol. The molecule has 0 aromatic carbocycles. The first-order valence-electron chi connectivity index (χ1n) is 6.04. The van der Waals surface area contributed by atoms with Gasteiger partial charge in [0.25, 0.3) is 5.91 Å². The molecule has 1 amide bonds. The Morgan fingerprint density at radius 2 is 2.25 bits per heavy atom. The number of thiophene rings is 1. The van der Waals surface area contributed by atoms with Crippen LogP contribution in [-0.2, 0) is 0 Å². The first-order valence-corrected chi connectivity index (χ1v) is 6.86. The maximum atomic E-state index is 12.1. The summed E-state index contributed by atoms with van der Waals surface area (Å²) in [6, 6.07) is 5.36. The topological polar surface area (TPSA) is 62.2 Å². The molecule has 0 aliphatic rings. The number of aliphatic hydroxyl groups excluding tert-OH is 1. The highest BCUT2D eigenvalue weighted by Crippen LogP contribution is 2.22. The van der Waals surface area contributed by atoms with Crippen molar-refractivity contribution in [1.29, 1.82) is 0 Å². The third kappa shape index (κ3) is 3.44. The first-order chi connectivity index (χ1) is 9.60. The van der Waals surface area contributed by atoms with Crippen molar-refractivity contribution < 1.29 is 9.90 Å². The SMILES string of the molecule is Cc1cc(NC(=O)c2cc(C)c(C#CCO)s2)ccn1. The van der Waals surface area contributed by atoms with Gasteiger partial charge in [-0.2, -0.15) is 0 Å². The number of rotatable bonds is 2. The molecule has 2 N–H and O–H groups in total. The van der Waals surface area contributed by atoms with Crippen LogP contribution < -0.4 is 5.32 Å². The molecule has 0 saturated heterocycles. The van der Waals surface area contributed by atoms with Crippen LogP contribution in [0.4, 0.5) is 5.69 Å². The highest BCUT2D eigenvalue weighted by atomic mass is 32.1. The molecule has 0 fully saturated rings. The summed E-state index contributed by atoms with van der Waals surface area (Å²) in [5.74, 6) is 5.26. The molecule has 20 heavy (non-hydrogen) atoms. The van der Waals surface area contributed by atoms with Crippen molar-refractivity contribution in [3.63, 3.8) is 0 Å². The third-order valence-corrected chi connectivity index (χ3v) is 3.73. The fourth-order valence-electron chi connectivity index (χ4n) is 1.65. The first kappa shape index (κ1) is 14.3. The van der Waals surface area contributed by atoms with Crippen LogP contribution in [0.5, 0.6) is 0 Å². The molecular formula is C15H14N2O2S. The van der Waals surface area contributed by atoms with E-state index in [1.54, 1.807) is 18.3 Å². The number of hydrogen-bond donors (Lipinski definition) is 2. The monoisotopic (exact) mass is 286 g/mol. The maximum absolute atomic E-state index is 12.1. The van der Waals surface area contributed by atoms with E-state index in [1.165, 1.54) is 11.3 Å². The lowest BCUT2D eigenvalue weighted by Crippen LogP contribution is -2.10. The van der Waals surface area contributed by atoms with Crippen molar-refractivity contribution in [2.75, 3.05) is 11.9 Å². The van der Waals surface area contributed by atoms with Gasteiger partial charge in [0.15, 0.2) is 0 Å². The standard InChI is InChI=1S/C15H14N2O2S/c1-10-8-14(20-13(10)4-3-7-18)15(19)17-12-5-6-16-11(2)9-12/h5-6,8-9,18H,7H2,1-2H3,(H,16,17,19). The fraction of sp³-hybridized carbons (Fsp3) is 0.200. The Hall–Kier alpha value is -2.16. The molecule has 102 valence electrons. The van der Waals surface area contributed by atoms with E-state index in [4.69, 9.17) is 5.11 Å². The van der Waals surface area contributed by atoms with E-state index in [2.05, 4.69) is 22.1 Å². The summed E-state index contributed by atoms with van der Waals surface area (Å²) in [5, 5.41) is 11.5. The normalized spacial score (nSPS) is 9.75. The summed E-state index contributed by atoms with van der Waals surface area (Å²) in [7, 11) is 0. The molecule has 2 aromatic rings. The van der Waals surface area contributed by atoms with Crippen LogP contribution in [0.25, 0.3) is 0 Å². The average molecular weight is 286 g/mol. The summed E-state index contributed by atoms with van der Waals surface area (Å²) >= 11 is 1.32. The van der Waals surface area contributed by atoms with Gasteiger partial charge in [-0.15, -0.1) is 11.3 Å². The summed E-state index contributed by atoms with van der Waals surface area (Å²) < 4.78 is 0. The number of carbonyl (C=O) groups excluding carboxylic acids is 1. The molecule has 0 aliphatic carbocycles. The molecule has 0 unspecified atom stereocenters. The van der Waals surface area contributed by atoms with Crippen LogP contribution in [0.2, 0.25) is 0 Å². The van der Waals surface area contributed by atoms with Gasteiger partial charge < -0.3 is 10.4 Å². The Balaban J connectivity index is 2.17. The van der Waals surface area contributed by atoms with Gasteiger partial charge in [0, 0.05) is 17.6 Å². The van der Waals surface area contributed by atoms with Gasteiger partial charge in [-0.05, 0) is 37.6 Å². The van der Waals surface area contributed by atoms with Crippen molar-refractivity contribution in [3.05, 3.63) is 45.4 Å². The number of aryl methyl sites for hydroxylation is 2. The van der Waals surface area contributed by atoms with Gasteiger partial charge in [0.05, 0.1) is 9.75 Å². The van der Waals surface area contributed by atoms with Crippen LogP contribution in [0.3, 0.4) is 0 Å². The zero-order valence-electron chi connectivity index (χ0n) is 11.2. The molecule has 4 nitrogen and oxygen atoms in total. The van der Waals surface area contributed by atoms with Gasteiger partial charge >= 0.3 is 0 Å². The lowest BCUT2D eigenvalue weighted by Gasteiger charge is -2.03. The van der Waals surface area contributed by atoms with Crippen molar-refractivity contribution in [1.82, 2.24) is 4.98 Å². The maximum Gasteiger partial charge on any atom is 0.265 e. The second-order valence-corrected chi connectivity index (χ2v) is 5.27. The van der Waals surface area contributed by atoms with Crippen LogP contribution in [0.1, 0.15) is 25.8 Å². The van der Waals surface area contributed by atoms with E-state index in [0.717, 1.165) is 21.8 Å². The minimum atomic E-state index is -0.185. The third-order valence-electron chi connectivity index (χ3n) is 2.58. The number of anilines is 1. The van der Waals surface area contributed by atoms with E-state index in [-0.39, 0.29) is 12.5 Å². The highest BCUT2D eigenvalue weighted by Gasteiger charge is 2.11. The number of carbonyl (C=O) groups is 1. The zero-order valence-corrected chi connectivity index (χ0v) is 12.0. The molecule has 0 spiro atoms. The molecule has 5 heteroatoms. The van der Waals surface area contributed by atoms with Crippen LogP contribution in [-0.4, -0.2) is 22.6 Å². The van der Waals surface area contributed by atoms with E-state index >= 15 is 0 Å². The second-order valence-electron chi connectivity index (χ2n) is 4.22. The van der Waals surface area contributed by atoms with Crippen LogP contribution in [0.15, 0.2) is 24.4 Å². The number of nitrogens with one attached hydrogen (secondary N) is 1. The Labute approximate surface area is 121 Å². The predicted octanol–water partition coefficient (Wildman–Crippen LogP) is 2.36. The Kier molecular flexibility index (Phi) is 4.51. The zero-order chi connectivity index (χ0) is 14.5. The minimum Gasteiger partial charge on any atom is -0.384 e. The molecule has 0 saturated carbocycles. The van der Waals surface area contributed by atoms with Gasteiger partial charge in [0.2, 0.25) is 0 Å². The van der Waals surface area contributed by atoms with Gasteiger partial charge in [-0.3, -0.25) is 9.78 Å². The van der Waals surface area contributed by atoms with Crippen LogP contribution in [0, 0.1) is 25.7 Å². The number of hydrogen-bond acceptors (Lipinski definition) is 4. The molecule has 0 aliphatic heterocycles. The smallest absolute Gasteiger partial charge is 0.265 e. The summed E-state index contributed by atoms with van der Waals surface area (Å²) in [4.78, 5) is 17.6. The largest absolute Gasteiger partial charge is 0.384 e. The number of amides is 1. The Morgan fingerprint density at radius 3 is 2.95 bits per heavy atom. The summed E-state index contributed by atoms with van der Waals surface area (Å²) in [6.07, 6.45) is 1.66. The number of aromatic nitrogens is 1. The molecule has 0 bridgehead atoms. The Morgan fingerprint density at radius 1 is 1.45 bits per heavy atom. The molecule has 0 atom stereocenters. The lowest BCUT2D eigenvalue weighted by atomic mass is 10.2. The number of pyridine rings is 1. The van der Waals surface area contributed by atoms with E-state index < -0.39 is 0 Å². The van der Waals surface area contributed by atoms with Crippen LogP contribution >= 0.6 is 11.3 Å². The van der Waals surface area contributed by atoms with Gasteiger partial charge in [-0.1, -0.05) is 11.8 Å². The fourth-order valence-corrected chi connectivity index (χ4v) is 2.60. The van der Waals surface area contributed by atoms with Gasteiger partial charge in [0.1, 0.15) is 6.61 Å². The van der Waals surface area contributed by atoms with E-state index in [9.17, 15) is 4.79 Å². The number of nitrogens with zero attached hydrogens (tertiary/aromatic N) is 1. The quantitative estimate of drug-likeness (QED) is 0.833. The molecule has 2 heterocycles. The Bertz CT molecular complexity index is 695. The molecular weight excluding hydrogens is 272 g/mol. The highest BCUT2D eigenvalue weighted by molar-refractivity contribution is 7.14.